The molecule has 12 rings (SSSR count). The molecule has 57 heavy (non-hydrogen) atoms. The van der Waals surface area contributed by atoms with Crippen molar-refractivity contribution < 1.29 is 0 Å². The van der Waals surface area contributed by atoms with Crippen molar-refractivity contribution in [3.8, 4) is 27.9 Å². The van der Waals surface area contributed by atoms with E-state index in [0.29, 0.717) is 0 Å². The molecular weight excluding hydrogens is 693 g/mol. The highest BCUT2D eigenvalue weighted by Crippen LogP contribution is 2.47. The number of benzene rings is 8. The average Bonchev–Trinajstić information content (AvgIpc) is 3.80. The van der Waals surface area contributed by atoms with Gasteiger partial charge in [0.25, 0.3) is 0 Å². The Kier molecular flexibility index (Phi) is 7.14. The zero-order valence-corrected chi connectivity index (χ0v) is 31.7. The van der Waals surface area contributed by atoms with E-state index in [4.69, 9.17) is 0 Å². The Balaban J connectivity index is 0.964. The minimum atomic E-state index is -0.0658. The monoisotopic (exact) mass is 732 g/mol. The van der Waals surface area contributed by atoms with E-state index in [9.17, 15) is 0 Å². The molecule has 4 nitrogen and oxygen atoms in total. The molecule has 1 N–H and O–H groups in total. The standard InChI is InChI=1S/C53H40N4/c1-55-51(43-19-9-11-21-46(43)54-53(55)57-47-22-12-10-20-44(47)50-40-17-7-5-13-35(40)28-32-49(50)57)37-25-23-34(24-26-37)38-29-31-48-45(33-38)42-30-27-36-14-6-8-18-41(36)52(42)56(48)39-15-3-2-4-16-39/h2-27,29-31,33,51,53-54H,28,32H2,1H3. The van der Waals surface area contributed by atoms with Crippen molar-refractivity contribution in [1.82, 2.24) is 14.0 Å². The van der Waals surface area contributed by atoms with E-state index in [1.807, 2.05) is 0 Å². The highest BCUT2D eigenvalue weighted by Gasteiger charge is 2.37. The van der Waals surface area contributed by atoms with Crippen LogP contribution in [0.2, 0.25) is 0 Å². The van der Waals surface area contributed by atoms with Gasteiger partial charge in [-0.25, -0.2) is 0 Å². The molecule has 0 amide bonds. The Morgan fingerprint density at radius 3 is 2.18 bits per heavy atom. The normalized spacial score (nSPS) is 16.4. The summed E-state index contributed by atoms with van der Waals surface area (Å²) in [6.07, 6.45) is 1.99. The third kappa shape index (κ3) is 4.84. The number of hydrogen-bond donors (Lipinski definition) is 1. The second-order valence-corrected chi connectivity index (χ2v) is 15.7. The summed E-state index contributed by atoms with van der Waals surface area (Å²) in [6.45, 7) is 0. The van der Waals surface area contributed by atoms with E-state index in [1.54, 1.807) is 0 Å². The maximum atomic E-state index is 4.00. The zero-order valence-electron chi connectivity index (χ0n) is 31.7. The van der Waals surface area contributed by atoms with Crippen molar-refractivity contribution in [1.29, 1.82) is 0 Å². The number of anilines is 1. The van der Waals surface area contributed by atoms with Gasteiger partial charge >= 0.3 is 0 Å². The fraction of sp³-hybridized carbons (Fsp3) is 0.0943. The molecule has 2 aromatic heterocycles. The van der Waals surface area contributed by atoms with Gasteiger partial charge in [0.2, 0.25) is 0 Å². The van der Waals surface area contributed by atoms with Gasteiger partial charge in [-0.2, -0.15) is 0 Å². The van der Waals surface area contributed by atoms with Crippen LogP contribution in [0.5, 0.6) is 0 Å². The fourth-order valence-electron chi connectivity index (χ4n) is 10.2. The molecule has 0 radical (unpaired) electrons. The Hall–Kier alpha value is -6.88. The molecule has 0 bridgehead atoms. The van der Waals surface area contributed by atoms with Crippen LogP contribution in [0.3, 0.4) is 0 Å². The van der Waals surface area contributed by atoms with E-state index in [0.717, 1.165) is 12.8 Å². The molecule has 0 saturated carbocycles. The van der Waals surface area contributed by atoms with Crippen LogP contribution in [0.15, 0.2) is 182 Å². The van der Waals surface area contributed by atoms with Crippen molar-refractivity contribution in [2.24, 2.45) is 0 Å². The van der Waals surface area contributed by atoms with E-state index in [1.165, 1.54) is 99.5 Å². The quantitative estimate of drug-likeness (QED) is 0.195. The van der Waals surface area contributed by atoms with Gasteiger partial charge in [0.05, 0.1) is 22.6 Å². The van der Waals surface area contributed by atoms with Crippen molar-refractivity contribution in [2.45, 2.75) is 25.2 Å². The molecule has 2 unspecified atom stereocenters. The maximum absolute atomic E-state index is 4.00. The van der Waals surface area contributed by atoms with Gasteiger partial charge in [0.1, 0.15) is 0 Å². The summed E-state index contributed by atoms with van der Waals surface area (Å²) in [7, 11) is 2.28. The summed E-state index contributed by atoms with van der Waals surface area (Å²) in [5.74, 6) is 0. The molecule has 2 aliphatic rings. The van der Waals surface area contributed by atoms with Gasteiger partial charge in [-0.05, 0) is 95.1 Å². The first-order valence-electron chi connectivity index (χ1n) is 20.1. The summed E-state index contributed by atoms with van der Waals surface area (Å²) in [4.78, 5) is 2.53. The molecular formula is C53H40N4. The van der Waals surface area contributed by atoms with Crippen LogP contribution in [-0.4, -0.2) is 21.1 Å². The van der Waals surface area contributed by atoms with Crippen molar-refractivity contribution in [3.05, 3.63) is 204 Å². The molecule has 3 heterocycles. The molecule has 1 aliphatic carbocycles. The molecule has 0 spiro atoms. The first-order chi connectivity index (χ1) is 28.2. The largest absolute Gasteiger partial charge is 0.352 e. The van der Waals surface area contributed by atoms with Crippen molar-refractivity contribution in [3.63, 3.8) is 0 Å². The predicted molar refractivity (Wildman–Crippen MR) is 237 cm³/mol. The highest BCUT2D eigenvalue weighted by atomic mass is 15.4. The van der Waals surface area contributed by atoms with E-state index in [-0.39, 0.29) is 12.3 Å². The number of hydrogen-bond acceptors (Lipinski definition) is 2. The lowest BCUT2D eigenvalue weighted by molar-refractivity contribution is 0.154. The number of para-hydroxylation sites is 3. The van der Waals surface area contributed by atoms with Crippen LogP contribution in [-0.2, 0) is 12.8 Å². The number of nitrogens with one attached hydrogen (secondary N) is 1. The number of aryl methyl sites for hydroxylation is 1. The maximum Gasteiger partial charge on any atom is 0.162 e. The molecule has 10 aromatic rings. The van der Waals surface area contributed by atoms with Crippen LogP contribution in [0.4, 0.5) is 5.69 Å². The average molecular weight is 733 g/mol. The number of aromatic nitrogens is 2. The Morgan fingerprint density at radius 1 is 0.544 bits per heavy atom. The van der Waals surface area contributed by atoms with E-state index in [2.05, 4.69) is 208 Å². The summed E-state index contributed by atoms with van der Waals surface area (Å²) in [5.41, 5.74) is 16.7. The number of nitrogens with zero attached hydrogens (tertiary/aromatic N) is 3. The van der Waals surface area contributed by atoms with Crippen LogP contribution < -0.4 is 5.32 Å². The molecule has 272 valence electrons. The SMILES string of the molecule is CN1C(c2ccc(-c3ccc4c(c3)c3ccc5ccccc5c3n4-c3ccccc3)cc2)c2ccccc2NC1n1c2c(c3ccccc31)-c1ccccc1CC2. The molecule has 4 heteroatoms. The fourth-order valence-corrected chi connectivity index (χ4v) is 10.2. The molecule has 0 fully saturated rings. The first-order valence-corrected chi connectivity index (χ1v) is 20.1. The molecule has 1 aliphatic heterocycles. The van der Waals surface area contributed by atoms with Gasteiger partial charge in [0, 0.05) is 44.2 Å². The second-order valence-electron chi connectivity index (χ2n) is 15.7. The van der Waals surface area contributed by atoms with Gasteiger partial charge in [-0.3, -0.25) is 4.90 Å². The van der Waals surface area contributed by atoms with Crippen molar-refractivity contribution in [2.75, 3.05) is 12.4 Å². The third-order valence-corrected chi connectivity index (χ3v) is 12.7. The molecule has 0 saturated heterocycles. The lowest BCUT2D eigenvalue weighted by atomic mass is 9.88. The van der Waals surface area contributed by atoms with Crippen LogP contribution in [0.25, 0.3) is 71.4 Å². The first kappa shape index (κ1) is 32.4. The highest BCUT2D eigenvalue weighted by molar-refractivity contribution is 6.19. The lowest BCUT2D eigenvalue weighted by Crippen LogP contribution is -2.42. The Morgan fingerprint density at radius 2 is 1.28 bits per heavy atom. The van der Waals surface area contributed by atoms with Crippen LogP contribution >= 0.6 is 0 Å². The second kappa shape index (κ2) is 12.6. The summed E-state index contributed by atoms with van der Waals surface area (Å²) < 4.78 is 5.02. The van der Waals surface area contributed by atoms with Gasteiger partial charge in [-0.1, -0.05) is 146 Å². The molecule has 2 atom stereocenters. The van der Waals surface area contributed by atoms with Gasteiger partial charge in [0.15, 0.2) is 6.29 Å². The topological polar surface area (TPSA) is 25.1 Å². The van der Waals surface area contributed by atoms with Crippen molar-refractivity contribution >= 4 is 49.2 Å². The van der Waals surface area contributed by atoms with E-state index < -0.39 is 0 Å². The van der Waals surface area contributed by atoms with Crippen LogP contribution in [0, 0.1) is 0 Å². The van der Waals surface area contributed by atoms with Gasteiger partial charge < -0.3 is 14.5 Å². The van der Waals surface area contributed by atoms with E-state index >= 15 is 0 Å². The minimum absolute atomic E-state index is 0.0637. The van der Waals surface area contributed by atoms with Gasteiger partial charge in [-0.15, -0.1) is 0 Å². The Bertz CT molecular complexity index is 3190. The summed E-state index contributed by atoms with van der Waals surface area (Å²) in [6, 6.07) is 67.2. The molecule has 8 aromatic carbocycles. The Labute approximate surface area is 331 Å². The summed E-state index contributed by atoms with van der Waals surface area (Å²) in [5, 5.41) is 10.4. The zero-order chi connectivity index (χ0) is 37.6. The lowest BCUT2D eigenvalue weighted by Gasteiger charge is -2.43. The number of fused-ring (bicyclic) bond motifs is 11. The minimum Gasteiger partial charge on any atom is -0.352 e. The predicted octanol–water partition coefficient (Wildman–Crippen LogP) is 12.9. The smallest absolute Gasteiger partial charge is 0.162 e. The third-order valence-electron chi connectivity index (χ3n) is 12.7. The summed E-state index contributed by atoms with van der Waals surface area (Å²) >= 11 is 0. The van der Waals surface area contributed by atoms with Crippen LogP contribution in [0.1, 0.15) is 34.7 Å². The number of rotatable bonds is 4.